The summed E-state index contributed by atoms with van der Waals surface area (Å²) in [5.74, 6) is -0.681. The lowest BCUT2D eigenvalue weighted by atomic mass is 9.98. The van der Waals surface area contributed by atoms with Gasteiger partial charge in [0.2, 0.25) is 0 Å². The Morgan fingerprint density at radius 2 is 1.32 bits per heavy atom. The number of imide groups is 1. The van der Waals surface area contributed by atoms with Crippen LogP contribution < -0.4 is 0 Å². The molecule has 2 amide bonds. The van der Waals surface area contributed by atoms with Gasteiger partial charge >= 0.3 is 0 Å². The Morgan fingerprint density at radius 1 is 0.707 bits per heavy atom. The topological polar surface area (TPSA) is 70.5 Å². The van der Waals surface area contributed by atoms with Crippen LogP contribution in [0.25, 0.3) is 54.6 Å². The standard InChI is InChI=1S/C35H20N4O2/c1-37-29-12-6-5-10-25(29)22-15-17-27-26-16-14-21(24-9-4-3-8-23(24)20-36)18-31(26)39(32(27)19-22)30-13-7-11-28-33(30)35(41)38(2)34(28)40/h3-19H,2H3. The van der Waals surface area contributed by atoms with Crippen LogP contribution in [0.2, 0.25) is 0 Å². The molecule has 0 bridgehead atoms. The fourth-order valence-corrected chi connectivity index (χ4v) is 5.83. The van der Waals surface area contributed by atoms with E-state index >= 15 is 0 Å². The summed E-state index contributed by atoms with van der Waals surface area (Å²) in [5.41, 5.74) is 7.47. The molecule has 7 rings (SSSR count). The summed E-state index contributed by atoms with van der Waals surface area (Å²) in [4.78, 5) is 31.1. The van der Waals surface area contributed by atoms with Crippen molar-refractivity contribution >= 4 is 39.3 Å². The highest BCUT2D eigenvalue weighted by Crippen LogP contribution is 2.40. The molecule has 0 aliphatic carbocycles. The van der Waals surface area contributed by atoms with Gasteiger partial charge < -0.3 is 4.57 Å². The van der Waals surface area contributed by atoms with E-state index in [4.69, 9.17) is 6.57 Å². The predicted molar refractivity (Wildman–Crippen MR) is 159 cm³/mol. The van der Waals surface area contributed by atoms with Crippen molar-refractivity contribution in [3.63, 3.8) is 0 Å². The molecule has 5 aromatic carbocycles. The minimum atomic E-state index is -0.351. The molecule has 0 radical (unpaired) electrons. The van der Waals surface area contributed by atoms with Crippen molar-refractivity contribution in [3.05, 3.63) is 131 Å². The van der Waals surface area contributed by atoms with E-state index in [-0.39, 0.29) is 11.8 Å². The summed E-state index contributed by atoms with van der Waals surface area (Å²) in [7, 11) is 1.50. The van der Waals surface area contributed by atoms with Crippen molar-refractivity contribution in [2.75, 3.05) is 7.05 Å². The number of hydrogen-bond donors (Lipinski definition) is 0. The maximum Gasteiger partial charge on any atom is 0.263 e. The Balaban J connectivity index is 1.60. The predicted octanol–water partition coefficient (Wildman–Crippen LogP) is 7.77. The number of nitrogens with zero attached hydrogens (tertiary/aromatic N) is 4. The SMILES string of the molecule is [C-]#[N+]c1ccccc1-c1ccc2c3ccc(-c4ccccc4C#N)cc3n(-c3cccc4c3C(=O)N(C)C4=O)c2c1. The monoisotopic (exact) mass is 528 g/mol. The van der Waals surface area contributed by atoms with E-state index < -0.39 is 0 Å². The second-order valence-corrected chi connectivity index (χ2v) is 9.95. The highest BCUT2D eigenvalue weighted by Gasteiger charge is 2.36. The van der Waals surface area contributed by atoms with Gasteiger partial charge in [-0.1, -0.05) is 72.8 Å². The molecule has 1 aromatic heterocycles. The summed E-state index contributed by atoms with van der Waals surface area (Å²) >= 11 is 0. The third-order valence-corrected chi connectivity index (χ3v) is 7.80. The smallest absolute Gasteiger partial charge is 0.263 e. The lowest BCUT2D eigenvalue weighted by Crippen LogP contribution is -2.24. The molecule has 0 saturated carbocycles. The van der Waals surface area contributed by atoms with E-state index in [9.17, 15) is 14.9 Å². The lowest BCUT2D eigenvalue weighted by molar-refractivity contribution is 0.0693. The Hall–Kier alpha value is -5.98. The molecule has 1 aliphatic rings. The highest BCUT2D eigenvalue weighted by atomic mass is 16.2. The van der Waals surface area contributed by atoms with Crippen LogP contribution in [0, 0.1) is 17.9 Å². The second-order valence-electron chi connectivity index (χ2n) is 9.95. The van der Waals surface area contributed by atoms with Gasteiger partial charge in [-0.2, -0.15) is 5.26 Å². The molecule has 1 aliphatic heterocycles. The average molecular weight is 529 g/mol. The number of carbonyl (C=O) groups excluding carboxylic acids is 2. The molecule has 2 heterocycles. The molecule has 192 valence electrons. The molecule has 6 aromatic rings. The molecule has 0 saturated heterocycles. The Morgan fingerprint density at radius 3 is 2.00 bits per heavy atom. The number of rotatable bonds is 3. The van der Waals surface area contributed by atoms with Crippen LogP contribution in [0.3, 0.4) is 0 Å². The van der Waals surface area contributed by atoms with E-state index in [1.54, 1.807) is 24.3 Å². The Kier molecular flexibility index (Phi) is 5.32. The van der Waals surface area contributed by atoms with Gasteiger partial charge in [-0.25, -0.2) is 4.85 Å². The molecule has 6 nitrogen and oxygen atoms in total. The second kappa shape index (κ2) is 9.05. The van der Waals surface area contributed by atoms with Crippen LogP contribution >= 0.6 is 0 Å². The molecular weight excluding hydrogens is 508 g/mol. The van der Waals surface area contributed by atoms with Crippen LogP contribution in [-0.2, 0) is 0 Å². The third kappa shape index (κ3) is 3.49. The van der Waals surface area contributed by atoms with Gasteiger partial charge in [-0.05, 0) is 52.6 Å². The third-order valence-electron chi connectivity index (χ3n) is 7.80. The maximum absolute atomic E-state index is 13.4. The zero-order valence-corrected chi connectivity index (χ0v) is 21.9. The first-order valence-corrected chi connectivity index (χ1v) is 13.0. The van der Waals surface area contributed by atoms with Crippen molar-refractivity contribution in [2.24, 2.45) is 0 Å². The molecule has 41 heavy (non-hydrogen) atoms. The molecule has 6 heteroatoms. The van der Waals surface area contributed by atoms with Crippen LogP contribution in [0.15, 0.2) is 103 Å². The number of carbonyl (C=O) groups is 2. The minimum absolute atomic E-state index is 0.331. The maximum atomic E-state index is 13.4. The fourth-order valence-electron chi connectivity index (χ4n) is 5.83. The summed E-state index contributed by atoms with van der Waals surface area (Å²) in [6.45, 7) is 7.67. The van der Waals surface area contributed by atoms with E-state index in [1.165, 1.54) is 7.05 Å². The van der Waals surface area contributed by atoms with Gasteiger partial charge in [0.25, 0.3) is 11.8 Å². The molecular formula is C35H20N4O2. The first-order chi connectivity index (χ1) is 20.0. The molecule has 0 N–H and O–H groups in total. The first kappa shape index (κ1) is 24.1. The summed E-state index contributed by atoms with van der Waals surface area (Å²) < 4.78 is 2.02. The van der Waals surface area contributed by atoms with Gasteiger partial charge in [0, 0.05) is 17.8 Å². The van der Waals surface area contributed by atoms with Crippen LogP contribution in [0.5, 0.6) is 0 Å². The van der Waals surface area contributed by atoms with Crippen molar-refractivity contribution in [1.82, 2.24) is 9.47 Å². The fraction of sp³-hybridized carbons (Fsp3) is 0.0286. The van der Waals surface area contributed by atoms with Crippen molar-refractivity contribution < 1.29 is 9.59 Å². The van der Waals surface area contributed by atoms with E-state index in [0.29, 0.717) is 28.1 Å². The largest absolute Gasteiger partial charge is 0.308 e. The quantitative estimate of drug-likeness (QED) is 0.174. The molecule has 0 spiro atoms. The summed E-state index contributed by atoms with van der Waals surface area (Å²) in [5, 5.41) is 11.7. The summed E-state index contributed by atoms with van der Waals surface area (Å²) in [6.07, 6.45) is 0. The highest BCUT2D eigenvalue weighted by molar-refractivity contribution is 6.23. The average Bonchev–Trinajstić information content (AvgIpc) is 3.46. The number of aromatic nitrogens is 1. The Labute approximate surface area is 235 Å². The number of amides is 2. The zero-order valence-electron chi connectivity index (χ0n) is 21.9. The Bertz CT molecular complexity index is 2080. The van der Waals surface area contributed by atoms with Crippen molar-refractivity contribution in [1.29, 1.82) is 5.26 Å². The zero-order chi connectivity index (χ0) is 28.2. The lowest BCUT2D eigenvalue weighted by Gasteiger charge is -2.13. The number of nitriles is 1. The molecule has 0 fully saturated rings. The van der Waals surface area contributed by atoms with Crippen molar-refractivity contribution in [2.45, 2.75) is 0 Å². The number of para-hydroxylation sites is 1. The van der Waals surface area contributed by atoms with Gasteiger partial charge in [0.05, 0.1) is 46.1 Å². The normalized spacial score (nSPS) is 12.5. The van der Waals surface area contributed by atoms with E-state index in [2.05, 4.69) is 10.9 Å². The van der Waals surface area contributed by atoms with Gasteiger partial charge in [-0.15, -0.1) is 0 Å². The number of hydrogen-bond acceptors (Lipinski definition) is 3. The van der Waals surface area contributed by atoms with E-state index in [1.807, 2.05) is 83.4 Å². The van der Waals surface area contributed by atoms with E-state index in [0.717, 1.165) is 49.0 Å². The summed E-state index contributed by atoms with van der Waals surface area (Å²) in [6, 6.07) is 34.7. The van der Waals surface area contributed by atoms with Gasteiger partial charge in [0.1, 0.15) is 0 Å². The molecule has 0 unspecified atom stereocenters. The first-order valence-electron chi connectivity index (χ1n) is 13.0. The van der Waals surface area contributed by atoms with Crippen LogP contribution in [0.4, 0.5) is 5.69 Å². The number of benzene rings is 5. The van der Waals surface area contributed by atoms with Crippen LogP contribution in [0.1, 0.15) is 26.3 Å². The van der Waals surface area contributed by atoms with Gasteiger partial charge in [0.15, 0.2) is 5.69 Å². The molecule has 0 atom stereocenters. The number of fused-ring (bicyclic) bond motifs is 4. The van der Waals surface area contributed by atoms with Crippen molar-refractivity contribution in [3.8, 4) is 34.0 Å². The minimum Gasteiger partial charge on any atom is -0.308 e. The van der Waals surface area contributed by atoms with Gasteiger partial charge in [-0.3, -0.25) is 14.5 Å². The van der Waals surface area contributed by atoms with Crippen LogP contribution in [-0.4, -0.2) is 28.3 Å².